The van der Waals surface area contributed by atoms with Crippen LogP contribution >= 0.6 is 22.9 Å². The zero-order valence-electron chi connectivity index (χ0n) is 32.6. The minimum absolute atomic E-state index is 0.0143. The number of alkyl halides is 1. The average Bonchev–Trinajstić information content (AvgIpc) is 3.62. The van der Waals surface area contributed by atoms with Crippen molar-refractivity contribution in [1.82, 2.24) is 24.8 Å². The van der Waals surface area contributed by atoms with Gasteiger partial charge in [0.2, 0.25) is 0 Å². The fraction of sp³-hybridized carbons (Fsp3) is 0.564. The minimum atomic E-state index is -0.816. The van der Waals surface area contributed by atoms with Crippen LogP contribution in [-0.2, 0) is 9.47 Å². The van der Waals surface area contributed by atoms with Gasteiger partial charge in [0.25, 0.3) is 0 Å². The van der Waals surface area contributed by atoms with Gasteiger partial charge in [-0.3, -0.25) is 10.2 Å². The summed E-state index contributed by atoms with van der Waals surface area (Å²) in [5.41, 5.74) is -1.28. The Morgan fingerprint density at radius 3 is 2.27 bits per heavy atom. The Hall–Kier alpha value is -4.15. The number of fused-ring (bicyclic) bond motifs is 4. The maximum atomic E-state index is 17.3. The van der Waals surface area contributed by atoms with Crippen molar-refractivity contribution in [3.8, 4) is 17.1 Å². The summed E-state index contributed by atoms with van der Waals surface area (Å²) in [5.74, 6) is -0.983. The molecule has 3 aliphatic heterocycles. The predicted molar refractivity (Wildman–Crippen MR) is 211 cm³/mol. The van der Waals surface area contributed by atoms with Crippen molar-refractivity contribution in [3.05, 3.63) is 34.9 Å². The first-order valence-electron chi connectivity index (χ1n) is 18.9. The first-order chi connectivity index (χ1) is 26.3. The monoisotopic (exact) mass is 817 g/mol. The second-order valence-corrected chi connectivity index (χ2v) is 18.2. The van der Waals surface area contributed by atoms with E-state index < -0.39 is 47.3 Å². The molecule has 0 radical (unpaired) electrons. The van der Waals surface area contributed by atoms with E-state index >= 15 is 8.78 Å². The molecular formula is C39H47ClF3N7O5S. The van der Waals surface area contributed by atoms with Crippen LogP contribution in [0.1, 0.15) is 74.1 Å². The van der Waals surface area contributed by atoms with Crippen molar-refractivity contribution < 1.29 is 37.0 Å². The molecule has 3 aliphatic rings. The predicted octanol–water partition coefficient (Wildman–Crippen LogP) is 8.97. The summed E-state index contributed by atoms with van der Waals surface area (Å²) >= 11 is 7.84. The Kier molecular flexibility index (Phi) is 11.0. The molecule has 0 saturated carbocycles. The third-order valence-electron chi connectivity index (χ3n) is 9.93. The normalized spacial score (nSPS) is 20.1. The number of piperidine rings is 1. The number of likely N-dealkylation sites (tertiary alicyclic amines) is 2. The molecule has 302 valence electrons. The van der Waals surface area contributed by atoms with Crippen LogP contribution in [-0.4, -0.2) is 105 Å². The van der Waals surface area contributed by atoms with Crippen LogP contribution in [0.4, 0.5) is 33.7 Å². The first-order valence-corrected chi connectivity index (χ1v) is 20.1. The summed E-state index contributed by atoms with van der Waals surface area (Å²) in [6.45, 7) is 14.9. The largest absolute Gasteiger partial charge is 0.459 e. The fourth-order valence-electron chi connectivity index (χ4n) is 7.67. The molecule has 4 aromatic rings. The maximum Gasteiger partial charge on any atom is 0.413 e. The molecule has 5 heterocycles. The summed E-state index contributed by atoms with van der Waals surface area (Å²) in [4.78, 5) is 45.6. The number of nitrogens with zero attached hydrogens (tertiary/aromatic N) is 6. The SMILES string of the molecule is C[C@@H](CN1CCC(F)CC1)Oc1nc(N2C3CCC2CN(C(=O)OC(C)(C)C)C3)c2cc(Cl)c(-c3ccc(F)c4sc(NC(=O)OC(C)(C)C)nc34)c(F)c2n1. The number of hydrogen-bond donors (Lipinski definition) is 1. The zero-order valence-corrected chi connectivity index (χ0v) is 34.1. The summed E-state index contributed by atoms with van der Waals surface area (Å²) in [6.07, 6.45) is 0.0160. The molecule has 12 nitrogen and oxygen atoms in total. The second kappa shape index (κ2) is 15.3. The van der Waals surface area contributed by atoms with Crippen LogP contribution in [0.15, 0.2) is 18.2 Å². The zero-order chi connectivity index (χ0) is 40.3. The van der Waals surface area contributed by atoms with Gasteiger partial charge in [-0.2, -0.15) is 9.97 Å². The van der Waals surface area contributed by atoms with E-state index in [4.69, 9.17) is 30.8 Å². The Balaban J connectivity index is 1.29. The number of benzene rings is 2. The summed E-state index contributed by atoms with van der Waals surface area (Å²) in [5, 5.41) is 2.96. The molecule has 7 rings (SSSR count). The number of anilines is 2. The topological polar surface area (TPSA) is 122 Å². The van der Waals surface area contributed by atoms with E-state index in [1.54, 1.807) is 31.7 Å². The molecule has 2 aromatic carbocycles. The lowest BCUT2D eigenvalue weighted by molar-refractivity contribution is 0.0209. The van der Waals surface area contributed by atoms with Gasteiger partial charge in [0, 0.05) is 61.3 Å². The molecule has 2 unspecified atom stereocenters. The van der Waals surface area contributed by atoms with E-state index in [0.717, 1.165) is 24.2 Å². The van der Waals surface area contributed by atoms with Crippen molar-refractivity contribution >= 4 is 67.2 Å². The first kappa shape index (κ1) is 40.1. The molecular weight excluding hydrogens is 771 g/mol. The van der Waals surface area contributed by atoms with Crippen LogP contribution in [0, 0.1) is 11.6 Å². The highest BCUT2D eigenvalue weighted by molar-refractivity contribution is 7.22. The van der Waals surface area contributed by atoms with Gasteiger partial charge in [-0.25, -0.2) is 27.7 Å². The van der Waals surface area contributed by atoms with Crippen LogP contribution < -0.4 is 15.0 Å². The number of thiazole rings is 1. The molecule has 2 aromatic heterocycles. The van der Waals surface area contributed by atoms with Crippen molar-refractivity contribution in [2.45, 2.75) is 110 Å². The molecule has 3 fully saturated rings. The number of halogens is 4. The van der Waals surface area contributed by atoms with Gasteiger partial charge in [0.15, 0.2) is 10.9 Å². The third kappa shape index (κ3) is 8.57. The van der Waals surface area contributed by atoms with Crippen LogP contribution in [0.25, 0.3) is 32.2 Å². The quantitative estimate of drug-likeness (QED) is 0.193. The van der Waals surface area contributed by atoms with E-state index in [2.05, 4.69) is 25.1 Å². The summed E-state index contributed by atoms with van der Waals surface area (Å²) < 4.78 is 63.8. The van der Waals surface area contributed by atoms with E-state index in [0.29, 0.717) is 56.8 Å². The lowest BCUT2D eigenvalue weighted by Crippen LogP contribution is -2.56. The van der Waals surface area contributed by atoms with E-state index in [-0.39, 0.29) is 55.1 Å². The number of carbonyl (C=O) groups is 2. The van der Waals surface area contributed by atoms with Crippen LogP contribution in [0.3, 0.4) is 0 Å². The molecule has 56 heavy (non-hydrogen) atoms. The van der Waals surface area contributed by atoms with E-state index in [1.807, 2.05) is 27.7 Å². The Morgan fingerprint density at radius 2 is 1.62 bits per heavy atom. The number of hydrogen-bond acceptors (Lipinski definition) is 11. The lowest BCUT2D eigenvalue weighted by Gasteiger charge is -2.42. The smallest absolute Gasteiger partial charge is 0.413 e. The molecule has 2 bridgehead atoms. The number of carbonyl (C=O) groups excluding carboxylic acids is 2. The number of piperazine rings is 1. The Bertz CT molecular complexity index is 2140. The molecule has 2 amide bonds. The molecule has 0 spiro atoms. The number of nitrogens with one attached hydrogen (secondary N) is 1. The number of rotatable bonds is 7. The van der Waals surface area contributed by atoms with Gasteiger partial charge in [-0.15, -0.1) is 0 Å². The number of amides is 2. The number of ether oxygens (including phenoxy) is 3. The third-order valence-corrected chi connectivity index (χ3v) is 11.2. The Morgan fingerprint density at radius 1 is 0.964 bits per heavy atom. The molecule has 1 N–H and O–H groups in total. The van der Waals surface area contributed by atoms with Gasteiger partial charge in [-0.05, 0) is 92.3 Å². The maximum absolute atomic E-state index is 17.3. The summed E-state index contributed by atoms with van der Waals surface area (Å²) in [7, 11) is 0. The molecule has 3 atom stereocenters. The van der Waals surface area contributed by atoms with Gasteiger partial charge >= 0.3 is 18.2 Å². The highest BCUT2D eigenvalue weighted by atomic mass is 35.5. The van der Waals surface area contributed by atoms with E-state index in [1.165, 1.54) is 12.1 Å². The molecule has 3 saturated heterocycles. The van der Waals surface area contributed by atoms with Crippen molar-refractivity contribution in [2.75, 3.05) is 42.9 Å². The standard InChI is InChI=1S/C39H47ClF3N7O5S/c1-20(17-48-14-12-21(41)13-15-48)53-34-44-30-25(33(46-34)50-22-8-9-23(50)19-49(18-22)37(52)55-39(5,6)7)16-26(40)28(29(30)43)24-10-11-27(42)32-31(24)45-35(56-32)47-36(51)54-38(2,3)4/h10-11,16,20-23H,8-9,12-15,17-19H2,1-7H3,(H,45,47,51)/t20-,22?,23?/m0/s1. The van der Waals surface area contributed by atoms with Gasteiger partial charge < -0.3 is 24.0 Å². The van der Waals surface area contributed by atoms with Gasteiger partial charge in [0.05, 0.1) is 15.2 Å². The minimum Gasteiger partial charge on any atom is -0.459 e. The molecule has 17 heteroatoms. The number of aromatic nitrogens is 3. The van der Waals surface area contributed by atoms with Gasteiger partial charge in [0.1, 0.15) is 40.6 Å². The van der Waals surface area contributed by atoms with Crippen LogP contribution in [0.2, 0.25) is 5.02 Å². The van der Waals surface area contributed by atoms with E-state index in [9.17, 15) is 14.0 Å². The fourth-order valence-corrected chi connectivity index (χ4v) is 8.84. The highest BCUT2D eigenvalue weighted by Gasteiger charge is 2.44. The summed E-state index contributed by atoms with van der Waals surface area (Å²) in [6, 6.07) is 3.82. The average molecular weight is 818 g/mol. The highest BCUT2D eigenvalue weighted by Crippen LogP contribution is 2.45. The van der Waals surface area contributed by atoms with Crippen molar-refractivity contribution in [1.29, 1.82) is 0 Å². The lowest BCUT2D eigenvalue weighted by atomic mass is 10.0. The van der Waals surface area contributed by atoms with Crippen molar-refractivity contribution in [3.63, 3.8) is 0 Å². The second-order valence-electron chi connectivity index (χ2n) is 16.8. The van der Waals surface area contributed by atoms with Gasteiger partial charge in [-0.1, -0.05) is 22.9 Å². The van der Waals surface area contributed by atoms with Crippen molar-refractivity contribution in [2.24, 2.45) is 0 Å². The van der Waals surface area contributed by atoms with Crippen LogP contribution in [0.5, 0.6) is 6.01 Å². The molecule has 0 aliphatic carbocycles. The Labute approximate surface area is 332 Å².